The highest BCUT2D eigenvalue weighted by atomic mass is 16.5. The summed E-state index contributed by atoms with van der Waals surface area (Å²) in [5.74, 6) is 0.680. The van der Waals surface area contributed by atoms with Gasteiger partial charge in [0.15, 0.2) is 0 Å². The Morgan fingerprint density at radius 1 is 1.48 bits per heavy atom. The number of aliphatic hydroxyl groups is 1. The van der Waals surface area contributed by atoms with Gasteiger partial charge in [-0.1, -0.05) is 0 Å². The van der Waals surface area contributed by atoms with Crippen molar-refractivity contribution >= 4 is 5.91 Å². The highest BCUT2D eigenvalue weighted by Gasteiger charge is 2.47. The minimum absolute atomic E-state index is 0.0464. The second-order valence-electron chi connectivity index (χ2n) is 6.15. The van der Waals surface area contributed by atoms with Crippen molar-refractivity contribution in [1.29, 1.82) is 5.26 Å². The number of hydrogen-bond acceptors (Lipinski definition) is 4. The zero-order chi connectivity index (χ0) is 15.2. The third kappa shape index (κ3) is 2.16. The van der Waals surface area contributed by atoms with Crippen molar-refractivity contribution in [3.8, 4) is 11.8 Å². The molecule has 5 nitrogen and oxygen atoms in total. The van der Waals surface area contributed by atoms with Crippen molar-refractivity contribution in [2.75, 3.05) is 6.54 Å². The molecule has 0 spiro atoms. The molecule has 2 heterocycles. The van der Waals surface area contributed by atoms with Gasteiger partial charge in [-0.3, -0.25) is 4.79 Å². The van der Waals surface area contributed by atoms with E-state index in [1.165, 1.54) is 0 Å². The minimum atomic E-state index is -0.832. The van der Waals surface area contributed by atoms with E-state index in [0.29, 0.717) is 24.3 Å². The first-order valence-electron chi connectivity index (χ1n) is 7.14. The average molecular weight is 286 g/mol. The first kappa shape index (κ1) is 13.9. The number of amides is 1. The maximum absolute atomic E-state index is 12.1. The van der Waals surface area contributed by atoms with E-state index in [4.69, 9.17) is 10.00 Å². The molecule has 0 unspecified atom stereocenters. The zero-order valence-electron chi connectivity index (χ0n) is 12.2. The number of ether oxygens (including phenoxy) is 1. The van der Waals surface area contributed by atoms with Crippen molar-refractivity contribution in [3.63, 3.8) is 0 Å². The minimum Gasteiger partial charge on any atom is -0.485 e. The summed E-state index contributed by atoms with van der Waals surface area (Å²) in [7, 11) is 0. The van der Waals surface area contributed by atoms with E-state index in [2.05, 4.69) is 6.07 Å². The second kappa shape index (κ2) is 4.74. The standard InChI is InChI=1S/C16H18N2O3/c1-16(2)15(20)14(18-7-3-4-13(18)19)11-8-10(9-17)5-6-12(11)21-16/h5-6,8,14-15,20H,3-4,7H2,1-2H3/t14-,15-/m1/s1. The van der Waals surface area contributed by atoms with E-state index in [9.17, 15) is 9.90 Å². The molecule has 3 rings (SSSR count). The van der Waals surface area contributed by atoms with Gasteiger partial charge in [0.05, 0.1) is 17.7 Å². The highest BCUT2D eigenvalue weighted by Crippen LogP contribution is 2.44. The molecule has 0 aliphatic carbocycles. The van der Waals surface area contributed by atoms with Gasteiger partial charge in [-0.2, -0.15) is 5.26 Å². The van der Waals surface area contributed by atoms with Crippen LogP contribution < -0.4 is 4.74 Å². The maximum atomic E-state index is 12.1. The van der Waals surface area contributed by atoms with Crippen LogP contribution in [0.15, 0.2) is 18.2 Å². The van der Waals surface area contributed by atoms with Crippen LogP contribution in [-0.2, 0) is 4.79 Å². The van der Waals surface area contributed by atoms with Crippen LogP contribution in [0.4, 0.5) is 0 Å². The molecule has 0 radical (unpaired) electrons. The molecule has 1 amide bonds. The van der Waals surface area contributed by atoms with Gasteiger partial charge >= 0.3 is 0 Å². The summed E-state index contributed by atoms with van der Waals surface area (Å²) in [6.07, 6.45) is 0.481. The summed E-state index contributed by atoms with van der Waals surface area (Å²) in [6, 6.07) is 6.79. The number of nitriles is 1. The van der Waals surface area contributed by atoms with Crippen LogP contribution in [0, 0.1) is 11.3 Å². The van der Waals surface area contributed by atoms with Gasteiger partial charge in [0.2, 0.25) is 5.91 Å². The summed E-state index contributed by atoms with van der Waals surface area (Å²) < 4.78 is 5.86. The molecule has 2 atom stereocenters. The highest BCUT2D eigenvalue weighted by molar-refractivity contribution is 5.79. The van der Waals surface area contributed by atoms with Crippen LogP contribution >= 0.6 is 0 Å². The van der Waals surface area contributed by atoms with Crippen LogP contribution in [0.25, 0.3) is 0 Å². The first-order chi connectivity index (χ1) is 9.94. The fourth-order valence-corrected chi connectivity index (χ4v) is 3.14. The van der Waals surface area contributed by atoms with E-state index < -0.39 is 17.7 Å². The lowest BCUT2D eigenvalue weighted by Gasteiger charge is -2.45. The SMILES string of the molecule is CC1(C)Oc2ccc(C#N)cc2[C@@H](N2CCCC2=O)[C@H]1O. The molecule has 2 aliphatic rings. The molecule has 0 aromatic heterocycles. The Balaban J connectivity index is 2.12. The zero-order valence-corrected chi connectivity index (χ0v) is 12.2. The Labute approximate surface area is 123 Å². The molecule has 1 aromatic rings. The Bertz CT molecular complexity index is 633. The van der Waals surface area contributed by atoms with Gasteiger partial charge in [-0.05, 0) is 38.5 Å². The molecule has 1 N–H and O–H groups in total. The number of fused-ring (bicyclic) bond motifs is 1. The third-order valence-electron chi connectivity index (χ3n) is 4.29. The van der Waals surface area contributed by atoms with Crippen molar-refractivity contribution in [2.24, 2.45) is 0 Å². The van der Waals surface area contributed by atoms with E-state index >= 15 is 0 Å². The van der Waals surface area contributed by atoms with Gasteiger partial charge in [0.1, 0.15) is 17.5 Å². The van der Waals surface area contributed by atoms with E-state index in [1.807, 2.05) is 13.8 Å². The first-order valence-corrected chi connectivity index (χ1v) is 7.14. The summed E-state index contributed by atoms with van der Waals surface area (Å²) >= 11 is 0. The lowest BCUT2D eigenvalue weighted by atomic mass is 9.85. The smallest absolute Gasteiger partial charge is 0.223 e. The molecule has 0 bridgehead atoms. The van der Waals surface area contributed by atoms with Gasteiger partial charge in [-0.25, -0.2) is 0 Å². The average Bonchev–Trinajstić information content (AvgIpc) is 2.86. The number of nitrogens with zero attached hydrogens (tertiary/aromatic N) is 2. The normalized spacial score (nSPS) is 27.0. The quantitative estimate of drug-likeness (QED) is 0.853. The number of rotatable bonds is 1. The number of likely N-dealkylation sites (tertiary alicyclic amines) is 1. The molecule has 0 saturated carbocycles. The van der Waals surface area contributed by atoms with Crippen molar-refractivity contribution in [1.82, 2.24) is 4.90 Å². The Morgan fingerprint density at radius 3 is 2.86 bits per heavy atom. The molecule has 1 saturated heterocycles. The topological polar surface area (TPSA) is 73.6 Å². The number of hydrogen-bond donors (Lipinski definition) is 1. The summed E-state index contributed by atoms with van der Waals surface area (Å²) in [4.78, 5) is 13.8. The monoisotopic (exact) mass is 286 g/mol. The third-order valence-corrected chi connectivity index (χ3v) is 4.29. The molecule has 110 valence electrons. The molecule has 21 heavy (non-hydrogen) atoms. The maximum Gasteiger partial charge on any atom is 0.223 e. The van der Waals surface area contributed by atoms with Crippen LogP contribution in [0.2, 0.25) is 0 Å². The lowest BCUT2D eigenvalue weighted by molar-refractivity contribution is -0.139. The van der Waals surface area contributed by atoms with E-state index in [-0.39, 0.29) is 5.91 Å². The van der Waals surface area contributed by atoms with Crippen LogP contribution in [0.5, 0.6) is 5.75 Å². The fraction of sp³-hybridized carbons (Fsp3) is 0.500. The summed E-state index contributed by atoms with van der Waals surface area (Å²) in [5, 5.41) is 19.8. The Morgan fingerprint density at radius 2 is 2.24 bits per heavy atom. The molecule has 2 aliphatic heterocycles. The lowest BCUT2D eigenvalue weighted by Crippen LogP contribution is -2.53. The van der Waals surface area contributed by atoms with Crippen LogP contribution in [0.1, 0.15) is 43.9 Å². The predicted octanol–water partition coefficient (Wildman–Crippen LogP) is 1.75. The van der Waals surface area contributed by atoms with E-state index in [1.54, 1.807) is 23.1 Å². The number of carbonyl (C=O) groups excluding carboxylic acids is 1. The van der Waals surface area contributed by atoms with Crippen LogP contribution in [0.3, 0.4) is 0 Å². The number of aliphatic hydroxyl groups excluding tert-OH is 1. The largest absolute Gasteiger partial charge is 0.485 e. The van der Waals surface area contributed by atoms with Crippen LogP contribution in [-0.4, -0.2) is 34.2 Å². The van der Waals surface area contributed by atoms with Gasteiger partial charge in [-0.15, -0.1) is 0 Å². The van der Waals surface area contributed by atoms with Gasteiger partial charge < -0.3 is 14.7 Å². The fourth-order valence-electron chi connectivity index (χ4n) is 3.14. The molecule has 1 aromatic carbocycles. The molecule has 1 fully saturated rings. The molecule has 5 heteroatoms. The predicted molar refractivity (Wildman–Crippen MR) is 75.6 cm³/mol. The Kier molecular flexibility index (Phi) is 3.14. The Hall–Kier alpha value is -2.06. The molecular weight excluding hydrogens is 268 g/mol. The summed E-state index contributed by atoms with van der Waals surface area (Å²) in [5.41, 5.74) is 0.436. The van der Waals surface area contributed by atoms with Crippen molar-refractivity contribution in [2.45, 2.75) is 44.4 Å². The summed E-state index contributed by atoms with van der Waals surface area (Å²) in [6.45, 7) is 4.26. The van der Waals surface area contributed by atoms with Crippen molar-refractivity contribution in [3.05, 3.63) is 29.3 Å². The number of benzene rings is 1. The second-order valence-corrected chi connectivity index (χ2v) is 6.15. The van der Waals surface area contributed by atoms with Gasteiger partial charge in [0.25, 0.3) is 0 Å². The number of carbonyl (C=O) groups is 1. The van der Waals surface area contributed by atoms with Gasteiger partial charge in [0, 0.05) is 18.5 Å². The molecular formula is C16H18N2O3. The van der Waals surface area contributed by atoms with Crippen molar-refractivity contribution < 1.29 is 14.6 Å². The van der Waals surface area contributed by atoms with E-state index in [0.717, 1.165) is 12.0 Å².